The summed E-state index contributed by atoms with van der Waals surface area (Å²) in [6, 6.07) is 6.22. The van der Waals surface area contributed by atoms with Crippen molar-refractivity contribution in [1.29, 1.82) is 0 Å². The standard InChI is InChI=1S/C13H14F3N3O/c1-3-19-12(17)10(11(18-19)13(14,15)16)8-4-6-9(20-2)7-5-8/h4-7H,3,17H2,1-2H3. The molecule has 0 unspecified atom stereocenters. The molecule has 7 heteroatoms. The molecule has 0 saturated heterocycles. The largest absolute Gasteiger partial charge is 0.497 e. The Morgan fingerprint density at radius 1 is 1.25 bits per heavy atom. The van der Waals surface area contributed by atoms with Crippen LogP contribution in [-0.2, 0) is 12.7 Å². The van der Waals surface area contributed by atoms with Gasteiger partial charge in [0.2, 0.25) is 0 Å². The van der Waals surface area contributed by atoms with Crippen LogP contribution in [0, 0.1) is 0 Å². The van der Waals surface area contributed by atoms with Gasteiger partial charge in [0.1, 0.15) is 11.6 Å². The molecule has 108 valence electrons. The molecular weight excluding hydrogens is 271 g/mol. The van der Waals surface area contributed by atoms with Crippen molar-refractivity contribution in [2.24, 2.45) is 0 Å². The van der Waals surface area contributed by atoms with E-state index >= 15 is 0 Å². The predicted octanol–water partition coefficient (Wildman–Crippen LogP) is 3.18. The average Bonchev–Trinajstić information content (AvgIpc) is 2.76. The summed E-state index contributed by atoms with van der Waals surface area (Å²) in [5.74, 6) is 0.564. The van der Waals surface area contributed by atoms with Crippen LogP contribution in [0.3, 0.4) is 0 Å². The zero-order chi connectivity index (χ0) is 14.9. The number of alkyl halides is 3. The van der Waals surface area contributed by atoms with Crippen molar-refractivity contribution in [3.8, 4) is 16.9 Å². The Morgan fingerprint density at radius 3 is 2.30 bits per heavy atom. The van der Waals surface area contributed by atoms with Crippen molar-refractivity contribution in [3.05, 3.63) is 30.0 Å². The van der Waals surface area contributed by atoms with Gasteiger partial charge in [-0.3, -0.25) is 0 Å². The SMILES string of the molecule is CCn1nc(C(F)(F)F)c(-c2ccc(OC)cc2)c1N. The summed E-state index contributed by atoms with van der Waals surface area (Å²) in [6.45, 7) is 1.95. The first-order valence-electron chi connectivity index (χ1n) is 5.96. The summed E-state index contributed by atoms with van der Waals surface area (Å²) in [5.41, 5.74) is 5.07. The van der Waals surface area contributed by atoms with E-state index in [4.69, 9.17) is 10.5 Å². The van der Waals surface area contributed by atoms with Crippen LogP contribution in [-0.4, -0.2) is 16.9 Å². The van der Waals surface area contributed by atoms with Gasteiger partial charge in [-0.1, -0.05) is 12.1 Å². The van der Waals surface area contributed by atoms with E-state index in [0.29, 0.717) is 11.3 Å². The van der Waals surface area contributed by atoms with Gasteiger partial charge in [0.25, 0.3) is 0 Å². The Balaban J connectivity index is 2.61. The molecule has 0 spiro atoms. The number of ether oxygens (including phenoxy) is 1. The number of hydrogen-bond acceptors (Lipinski definition) is 3. The molecule has 2 rings (SSSR count). The molecule has 2 aromatic rings. The lowest BCUT2D eigenvalue weighted by molar-refractivity contribution is -0.141. The number of nitrogens with zero attached hydrogens (tertiary/aromatic N) is 2. The number of anilines is 1. The second-order valence-corrected chi connectivity index (χ2v) is 4.15. The van der Waals surface area contributed by atoms with Gasteiger partial charge in [-0.05, 0) is 24.6 Å². The highest BCUT2D eigenvalue weighted by molar-refractivity contribution is 5.77. The summed E-state index contributed by atoms with van der Waals surface area (Å²) in [5, 5.41) is 3.55. The minimum atomic E-state index is -4.55. The monoisotopic (exact) mass is 285 g/mol. The van der Waals surface area contributed by atoms with Crippen LogP contribution in [0.2, 0.25) is 0 Å². The number of methoxy groups -OCH3 is 1. The number of halogens is 3. The smallest absolute Gasteiger partial charge is 0.435 e. The van der Waals surface area contributed by atoms with Crippen LogP contribution in [0.5, 0.6) is 5.75 Å². The van der Waals surface area contributed by atoms with E-state index in [1.54, 1.807) is 19.1 Å². The molecule has 0 bridgehead atoms. The average molecular weight is 285 g/mol. The van der Waals surface area contributed by atoms with Crippen LogP contribution < -0.4 is 10.5 Å². The van der Waals surface area contributed by atoms with Gasteiger partial charge in [-0.25, -0.2) is 4.68 Å². The quantitative estimate of drug-likeness (QED) is 0.942. The lowest BCUT2D eigenvalue weighted by atomic mass is 10.0. The predicted molar refractivity (Wildman–Crippen MR) is 69.3 cm³/mol. The molecule has 20 heavy (non-hydrogen) atoms. The summed E-state index contributed by atoms with van der Waals surface area (Å²) >= 11 is 0. The maximum absolute atomic E-state index is 13.1. The van der Waals surface area contributed by atoms with E-state index in [9.17, 15) is 13.2 Å². The van der Waals surface area contributed by atoms with Crippen LogP contribution in [0.1, 0.15) is 12.6 Å². The lowest BCUT2D eigenvalue weighted by Crippen LogP contribution is -2.08. The number of nitrogen functional groups attached to an aromatic ring is 1. The summed E-state index contributed by atoms with van der Waals surface area (Å²) in [6.07, 6.45) is -4.55. The Bertz CT molecular complexity index is 603. The zero-order valence-electron chi connectivity index (χ0n) is 11.0. The molecule has 0 fully saturated rings. The van der Waals surface area contributed by atoms with Gasteiger partial charge < -0.3 is 10.5 Å². The zero-order valence-corrected chi connectivity index (χ0v) is 11.0. The van der Waals surface area contributed by atoms with Crippen LogP contribution in [0.25, 0.3) is 11.1 Å². The van der Waals surface area contributed by atoms with E-state index in [2.05, 4.69) is 5.10 Å². The fraction of sp³-hybridized carbons (Fsp3) is 0.308. The minimum absolute atomic E-state index is 0.00462. The molecule has 1 heterocycles. The Kier molecular flexibility index (Phi) is 3.61. The van der Waals surface area contributed by atoms with Crippen LogP contribution in [0.15, 0.2) is 24.3 Å². The number of benzene rings is 1. The van der Waals surface area contributed by atoms with E-state index in [1.165, 1.54) is 19.2 Å². The second-order valence-electron chi connectivity index (χ2n) is 4.15. The molecule has 4 nitrogen and oxygen atoms in total. The van der Waals surface area contributed by atoms with Crippen molar-refractivity contribution >= 4 is 5.82 Å². The fourth-order valence-corrected chi connectivity index (χ4v) is 1.96. The Labute approximate surface area is 114 Å². The molecule has 0 aliphatic heterocycles. The lowest BCUT2D eigenvalue weighted by Gasteiger charge is -2.08. The molecule has 0 radical (unpaired) electrons. The first kappa shape index (κ1) is 14.2. The summed E-state index contributed by atoms with van der Waals surface area (Å²) in [7, 11) is 1.49. The third-order valence-corrected chi connectivity index (χ3v) is 2.94. The molecule has 2 N–H and O–H groups in total. The minimum Gasteiger partial charge on any atom is -0.497 e. The highest BCUT2D eigenvalue weighted by Crippen LogP contribution is 2.40. The molecule has 0 aliphatic rings. The topological polar surface area (TPSA) is 53.1 Å². The van der Waals surface area contributed by atoms with Crippen molar-refractivity contribution in [3.63, 3.8) is 0 Å². The molecule has 1 aromatic heterocycles. The summed E-state index contributed by atoms with van der Waals surface area (Å²) < 4.78 is 45.3. The van der Waals surface area contributed by atoms with Gasteiger partial charge >= 0.3 is 6.18 Å². The van der Waals surface area contributed by atoms with Crippen LogP contribution >= 0.6 is 0 Å². The molecule has 0 aliphatic carbocycles. The third-order valence-electron chi connectivity index (χ3n) is 2.94. The van der Waals surface area contributed by atoms with Gasteiger partial charge in [-0.2, -0.15) is 18.3 Å². The van der Waals surface area contributed by atoms with Crippen molar-refractivity contribution in [2.75, 3.05) is 12.8 Å². The number of hydrogen-bond donors (Lipinski definition) is 1. The van der Waals surface area contributed by atoms with Gasteiger partial charge in [-0.15, -0.1) is 0 Å². The summed E-state index contributed by atoms with van der Waals surface area (Å²) in [4.78, 5) is 0. The first-order chi connectivity index (χ1) is 9.38. The first-order valence-corrected chi connectivity index (χ1v) is 5.96. The maximum Gasteiger partial charge on any atom is 0.435 e. The highest BCUT2D eigenvalue weighted by Gasteiger charge is 2.39. The highest BCUT2D eigenvalue weighted by atomic mass is 19.4. The Morgan fingerprint density at radius 2 is 1.85 bits per heavy atom. The molecule has 0 saturated carbocycles. The van der Waals surface area contributed by atoms with Crippen molar-refractivity contribution in [1.82, 2.24) is 9.78 Å². The molecule has 1 aromatic carbocycles. The Hall–Kier alpha value is -2.18. The van der Waals surface area contributed by atoms with Crippen LogP contribution in [0.4, 0.5) is 19.0 Å². The maximum atomic E-state index is 13.1. The third kappa shape index (κ3) is 2.43. The fourth-order valence-electron chi connectivity index (χ4n) is 1.96. The van der Waals surface area contributed by atoms with E-state index in [1.807, 2.05) is 0 Å². The van der Waals surface area contributed by atoms with Crippen molar-refractivity contribution in [2.45, 2.75) is 19.6 Å². The number of rotatable bonds is 3. The molecule has 0 atom stereocenters. The van der Waals surface area contributed by atoms with Gasteiger partial charge in [0.15, 0.2) is 5.69 Å². The number of nitrogens with two attached hydrogens (primary N) is 1. The number of aromatic nitrogens is 2. The molecular formula is C13H14F3N3O. The van der Waals surface area contributed by atoms with E-state index < -0.39 is 11.9 Å². The van der Waals surface area contributed by atoms with E-state index in [0.717, 1.165) is 4.68 Å². The van der Waals surface area contributed by atoms with Gasteiger partial charge in [0, 0.05) is 6.54 Å². The van der Waals surface area contributed by atoms with Gasteiger partial charge in [0.05, 0.1) is 12.7 Å². The normalized spacial score (nSPS) is 11.7. The molecule has 0 amide bonds. The van der Waals surface area contributed by atoms with E-state index in [-0.39, 0.29) is 17.9 Å². The number of aryl methyl sites for hydroxylation is 1. The van der Waals surface area contributed by atoms with Crippen molar-refractivity contribution < 1.29 is 17.9 Å². The second kappa shape index (κ2) is 5.07.